The van der Waals surface area contributed by atoms with E-state index in [0.717, 1.165) is 28.2 Å². The molecule has 0 radical (unpaired) electrons. The van der Waals surface area contributed by atoms with E-state index in [1.54, 1.807) is 0 Å². The van der Waals surface area contributed by atoms with E-state index in [4.69, 9.17) is 12.2 Å². The van der Waals surface area contributed by atoms with Gasteiger partial charge >= 0.3 is 0 Å². The molecule has 0 aromatic heterocycles. The molecule has 0 atom stereocenters. The molecule has 0 saturated carbocycles. The molecule has 0 heterocycles. The van der Waals surface area contributed by atoms with Crippen molar-refractivity contribution in [2.75, 3.05) is 17.6 Å². The zero-order valence-corrected chi connectivity index (χ0v) is 15.7. The van der Waals surface area contributed by atoms with Crippen LogP contribution >= 0.6 is 39.9 Å². The second-order valence-corrected chi connectivity index (χ2v) is 7.36. The second-order valence-electron chi connectivity index (χ2n) is 4.93. The Morgan fingerprint density at radius 2 is 2.00 bits per heavy atom. The Bertz CT molecular complexity index is 632. The number of hydrogen-bond acceptors (Lipinski definition) is 2. The Morgan fingerprint density at radius 1 is 1.18 bits per heavy atom. The Labute approximate surface area is 150 Å². The van der Waals surface area contributed by atoms with Gasteiger partial charge < -0.3 is 10.6 Å². The second kappa shape index (κ2) is 9.18. The molecule has 0 aliphatic heterocycles. The molecule has 0 aliphatic rings. The van der Waals surface area contributed by atoms with Gasteiger partial charge in [-0.15, -0.1) is 0 Å². The van der Waals surface area contributed by atoms with Crippen LogP contribution < -0.4 is 10.6 Å². The van der Waals surface area contributed by atoms with E-state index in [1.807, 2.05) is 36.0 Å². The van der Waals surface area contributed by atoms with Crippen molar-refractivity contribution < 1.29 is 0 Å². The molecule has 0 unspecified atom stereocenters. The lowest BCUT2D eigenvalue weighted by Crippen LogP contribution is -2.30. The molecule has 116 valence electrons. The first-order valence-corrected chi connectivity index (χ1v) is 9.43. The van der Waals surface area contributed by atoms with E-state index in [-0.39, 0.29) is 0 Å². The van der Waals surface area contributed by atoms with Crippen molar-refractivity contribution in [3.05, 3.63) is 64.1 Å². The molecular weight excluding hydrogens is 376 g/mol. The van der Waals surface area contributed by atoms with Crippen molar-refractivity contribution in [2.24, 2.45) is 0 Å². The number of aryl methyl sites for hydroxylation is 1. The summed E-state index contributed by atoms with van der Waals surface area (Å²) in [6.45, 7) is 2.98. The average molecular weight is 395 g/mol. The van der Waals surface area contributed by atoms with E-state index in [9.17, 15) is 0 Å². The Hall–Kier alpha value is -1.04. The average Bonchev–Trinajstić information content (AvgIpc) is 2.47. The summed E-state index contributed by atoms with van der Waals surface area (Å²) in [6.07, 6.45) is 0. The number of rotatable bonds is 6. The van der Waals surface area contributed by atoms with Gasteiger partial charge in [0.25, 0.3) is 0 Å². The molecule has 0 aliphatic carbocycles. The zero-order chi connectivity index (χ0) is 15.8. The van der Waals surface area contributed by atoms with Gasteiger partial charge in [0.2, 0.25) is 0 Å². The van der Waals surface area contributed by atoms with Gasteiger partial charge in [-0.25, -0.2) is 0 Å². The monoisotopic (exact) mass is 394 g/mol. The molecule has 0 fully saturated rings. The molecule has 2 aromatic rings. The van der Waals surface area contributed by atoms with E-state index in [1.165, 1.54) is 11.1 Å². The van der Waals surface area contributed by atoms with Crippen LogP contribution in [0.15, 0.2) is 53.0 Å². The van der Waals surface area contributed by atoms with Crippen molar-refractivity contribution >= 4 is 50.7 Å². The Balaban J connectivity index is 1.63. The van der Waals surface area contributed by atoms with Gasteiger partial charge in [0, 0.05) is 28.2 Å². The van der Waals surface area contributed by atoms with Gasteiger partial charge in [-0.05, 0) is 42.9 Å². The Morgan fingerprint density at radius 3 is 2.77 bits per heavy atom. The summed E-state index contributed by atoms with van der Waals surface area (Å²) in [7, 11) is 0. The molecule has 2 nitrogen and oxygen atoms in total. The predicted octanol–water partition coefficient (Wildman–Crippen LogP) is 4.98. The lowest BCUT2D eigenvalue weighted by atomic mass is 10.2. The van der Waals surface area contributed by atoms with Crippen molar-refractivity contribution in [3.8, 4) is 0 Å². The summed E-state index contributed by atoms with van der Waals surface area (Å²) in [5.41, 5.74) is 3.68. The van der Waals surface area contributed by atoms with E-state index < -0.39 is 0 Å². The number of anilines is 1. The quantitative estimate of drug-likeness (QED) is 0.532. The standard InChI is InChI=1S/C17H19BrN2S2/c1-13-4-2-5-14(10-13)12-22-9-8-19-17(21)20-16-7-3-6-15(18)11-16/h2-7,10-11H,8-9,12H2,1H3,(H2,19,20,21). The van der Waals surface area contributed by atoms with Gasteiger partial charge in [-0.1, -0.05) is 51.8 Å². The Kier molecular flexibility index (Phi) is 7.22. The predicted molar refractivity (Wildman–Crippen MR) is 106 cm³/mol. The molecule has 0 bridgehead atoms. The summed E-state index contributed by atoms with van der Waals surface area (Å²) >= 11 is 10.6. The van der Waals surface area contributed by atoms with Crippen LogP contribution in [0, 0.1) is 6.92 Å². The number of nitrogens with one attached hydrogen (secondary N) is 2. The van der Waals surface area contributed by atoms with Crippen LogP contribution in [-0.4, -0.2) is 17.4 Å². The molecule has 5 heteroatoms. The third kappa shape index (κ3) is 6.38. The first-order valence-electron chi connectivity index (χ1n) is 7.07. The van der Waals surface area contributed by atoms with Gasteiger partial charge in [-0.3, -0.25) is 0 Å². The summed E-state index contributed by atoms with van der Waals surface area (Å²) in [5, 5.41) is 7.07. The maximum Gasteiger partial charge on any atom is 0.170 e. The van der Waals surface area contributed by atoms with Gasteiger partial charge in [0.15, 0.2) is 5.11 Å². The van der Waals surface area contributed by atoms with Crippen molar-refractivity contribution in [2.45, 2.75) is 12.7 Å². The molecule has 0 saturated heterocycles. The number of benzene rings is 2. The number of halogens is 1. The summed E-state index contributed by atoms with van der Waals surface area (Å²) in [4.78, 5) is 0. The third-order valence-electron chi connectivity index (χ3n) is 2.97. The van der Waals surface area contributed by atoms with Crippen LogP contribution in [0.25, 0.3) is 0 Å². The van der Waals surface area contributed by atoms with Gasteiger partial charge in [0.05, 0.1) is 0 Å². The lowest BCUT2D eigenvalue weighted by molar-refractivity contribution is 0.990. The minimum atomic E-state index is 0.661. The van der Waals surface area contributed by atoms with Gasteiger partial charge in [-0.2, -0.15) is 11.8 Å². The molecule has 2 N–H and O–H groups in total. The summed E-state index contributed by atoms with van der Waals surface area (Å²) < 4.78 is 1.04. The van der Waals surface area contributed by atoms with Crippen LogP contribution in [-0.2, 0) is 5.75 Å². The summed E-state index contributed by atoms with van der Waals surface area (Å²) in [5.74, 6) is 2.06. The number of thioether (sulfide) groups is 1. The maximum atomic E-state index is 5.29. The van der Waals surface area contributed by atoms with Crippen LogP contribution in [0.3, 0.4) is 0 Å². The largest absolute Gasteiger partial charge is 0.362 e. The highest BCUT2D eigenvalue weighted by Gasteiger charge is 1.98. The number of thiocarbonyl (C=S) groups is 1. The lowest BCUT2D eigenvalue weighted by Gasteiger charge is -2.10. The molecule has 0 spiro atoms. The van der Waals surface area contributed by atoms with Crippen molar-refractivity contribution in [1.29, 1.82) is 0 Å². The van der Waals surface area contributed by atoms with Crippen LogP contribution in [0.4, 0.5) is 5.69 Å². The fourth-order valence-electron chi connectivity index (χ4n) is 1.97. The van der Waals surface area contributed by atoms with E-state index >= 15 is 0 Å². The number of hydrogen-bond donors (Lipinski definition) is 2. The van der Waals surface area contributed by atoms with E-state index in [0.29, 0.717) is 5.11 Å². The van der Waals surface area contributed by atoms with Gasteiger partial charge in [0.1, 0.15) is 0 Å². The molecule has 2 aromatic carbocycles. The summed E-state index contributed by atoms with van der Waals surface area (Å²) in [6, 6.07) is 16.6. The topological polar surface area (TPSA) is 24.1 Å². The fraction of sp³-hybridized carbons (Fsp3) is 0.235. The highest BCUT2D eigenvalue weighted by atomic mass is 79.9. The first-order chi connectivity index (χ1) is 10.6. The molecule has 22 heavy (non-hydrogen) atoms. The van der Waals surface area contributed by atoms with Crippen molar-refractivity contribution in [3.63, 3.8) is 0 Å². The molecule has 0 amide bonds. The fourth-order valence-corrected chi connectivity index (χ4v) is 3.40. The minimum Gasteiger partial charge on any atom is -0.362 e. The first kappa shape index (κ1) is 17.3. The van der Waals surface area contributed by atoms with Crippen molar-refractivity contribution in [1.82, 2.24) is 5.32 Å². The smallest absolute Gasteiger partial charge is 0.170 e. The minimum absolute atomic E-state index is 0.661. The zero-order valence-electron chi connectivity index (χ0n) is 12.4. The molecule has 2 rings (SSSR count). The molecular formula is C17H19BrN2S2. The highest BCUT2D eigenvalue weighted by Crippen LogP contribution is 2.15. The van der Waals surface area contributed by atoms with Crippen LogP contribution in [0.1, 0.15) is 11.1 Å². The normalized spacial score (nSPS) is 10.3. The van der Waals surface area contributed by atoms with Crippen LogP contribution in [0.2, 0.25) is 0 Å². The highest BCUT2D eigenvalue weighted by molar-refractivity contribution is 9.10. The van der Waals surface area contributed by atoms with E-state index in [2.05, 4.69) is 57.8 Å². The third-order valence-corrected chi connectivity index (χ3v) is 4.74. The van der Waals surface area contributed by atoms with Crippen LogP contribution in [0.5, 0.6) is 0 Å². The maximum absolute atomic E-state index is 5.29. The SMILES string of the molecule is Cc1cccc(CSCCNC(=S)Nc2cccc(Br)c2)c1.